The van der Waals surface area contributed by atoms with E-state index in [9.17, 15) is 0 Å². The van der Waals surface area contributed by atoms with Gasteiger partial charge in [-0.05, 0) is 98.6 Å². The molecule has 0 atom stereocenters. The van der Waals surface area contributed by atoms with Gasteiger partial charge in [-0.3, -0.25) is 0 Å². The van der Waals surface area contributed by atoms with E-state index >= 15 is 0 Å². The summed E-state index contributed by atoms with van der Waals surface area (Å²) in [6, 6.07) is 68.7. The third-order valence-electron chi connectivity index (χ3n) is 12.1. The molecule has 0 saturated carbocycles. The van der Waals surface area contributed by atoms with Crippen molar-refractivity contribution < 1.29 is 4.74 Å². The Balaban J connectivity index is 1.09. The molecule has 0 amide bonds. The number of nitrogens with zero attached hydrogens (tertiary/aromatic N) is 1. The largest absolute Gasteiger partial charge is 0.457 e. The fourth-order valence-electron chi connectivity index (χ4n) is 9.76. The number of para-hydroxylation sites is 3. The topological polar surface area (TPSA) is 12.5 Å². The molecule has 2 aliphatic carbocycles. The van der Waals surface area contributed by atoms with Crippen molar-refractivity contribution in [3.8, 4) is 44.9 Å². The quantitative estimate of drug-likeness (QED) is 0.182. The number of rotatable bonds is 4. The summed E-state index contributed by atoms with van der Waals surface area (Å²) in [7, 11) is 0. The van der Waals surface area contributed by atoms with Gasteiger partial charge in [0, 0.05) is 33.5 Å². The highest BCUT2D eigenvalue weighted by Crippen LogP contribution is 2.64. The third kappa shape index (κ3) is 4.17. The van der Waals surface area contributed by atoms with Crippen molar-refractivity contribution in [2.24, 2.45) is 0 Å². The molecule has 0 radical (unpaired) electrons. The summed E-state index contributed by atoms with van der Waals surface area (Å²) in [6.07, 6.45) is 0. The minimum Gasteiger partial charge on any atom is -0.457 e. The van der Waals surface area contributed by atoms with Gasteiger partial charge in [0.05, 0.1) is 11.1 Å². The Morgan fingerprint density at radius 2 is 0.926 bits per heavy atom. The minimum atomic E-state index is -0.527. The zero-order valence-electron chi connectivity index (χ0n) is 30.3. The molecule has 0 aromatic heterocycles. The number of benzene rings is 8. The molecule has 8 aromatic rings. The van der Waals surface area contributed by atoms with Crippen molar-refractivity contribution in [1.82, 2.24) is 0 Å². The number of fused-ring (bicyclic) bond motifs is 12. The lowest BCUT2D eigenvalue weighted by atomic mass is 9.66. The van der Waals surface area contributed by atoms with Crippen LogP contribution >= 0.6 is 0 Å². The first-order chi connectivity index (χ1) is 26.5. The van der Waals surface area contributed by atoms with Crippen molar-refractivity contribution in [2.75, 3.05) is 4.90 Å². The van der Waals surface area contributed by atoms with Crippen molar-refractivity contribution >= 4 is 17.1 Å². The van der Waals surface area contributed by atoms with Crippen LogP contribution in [0.15, 0.2) is 188 Å². The van der Waals surface area contributed by atoms with Crippen molar-refractivity contribution in [3.63, 3.8) is 0 Å². The molecule has 1 spiro atoms. The standard InChI is InChI=1S/C52H37NO/c1-51(2)41-19-8-6-17-38(41)39-32-29-35(33-46(39)51)34-27-30-37(31-28-34)53(36-15-4-3-5-16-36)47-24-14-23-45-50(47)40-18-7-9-20-42(40)52(45)43-21-10-12-25-48(43)54-49-26-13-11-22-44(49)52/h3-33H,1-2H3. The lowest BCUT2D eigenvalue weighted by Crippen LogP contribution is -2.32. The number of ether oxygens (including phenoxy) is 1. The van der Waals surface area contributed by atoms with E-state index in [-0.39, 0.29) is 5.41 Å². The van der Waals surface area contributed by atoms with E-state index in [4.69, 9.17) is 4.74 Å². The van der Waals surface area contributed by atoms with Crippen LogP contribution in [0.5, 0.6) is 11.5 Å². The van der Waals surface area contributed by atoms with Crippen LogP contribution in [0.3, 0.4) is 0 Å². The first-order valence-electron chi connectivity index (χ1n) is 18.9. The lowest BCUT2D eigenvalue weighted by molar-refractivity contribution is 0.436. The van der Waals surface area contributed by atoms with Gasteiger partial charge in [-0.15, -0.1) is 0 Å². The SMILES string of the molecule is CC1(C)c2ccccc2-c2ccc(-c3ccc(N(c4ccccc4)c4cccc5c4-c4ccccc4C54c5ccccc5Oc5ccccc54)cc3)cc21. The summed E-state index contributed by atoms with van der Waals surface area (Å²) in [5.74, 6) is 1.80. The summed E-state index contributed by atoms with van der Waals surface area (Å²) in [6.45, 7) is 4.70. The fourth-order valence-corrected chi connectivity index (χ4v) is 9.76. The molecule has 256 valence electrons. The summed E-state index contributed by atoms with van der Waals surface area (Å²) < 4.78 is 6.60. The number of hydrogen-bond acceptors (Lipinski definition) is 2. The van der Waals surface area contributed by atoms with Crippen LogP contribution in [0.4, 0.5) is 17.1 Å². The Bertz CT molecular complexity index is 2730. The van der Waals surface area contributed by atoms with Crippen LogP contribution in [-0.2, 0) is 10.8 Å². The summed E-state index contributed by atoms with van der Waals surface area (Å²) >= 11 is 0. The zero-order chi connectivity index (χ0) is 36.0. The molecule has 1 aliphatic heterocycles. The Hall–Kier alpha value is -6.64. The Labute approximate surface area is 316 Å². The molecule has 11 rings (SSSR count). The van der Waals surface area contributed by atoms with E-state index in [0.717, 1.165) is 28.6 Å². The van der Waals surface area contributed by atoms with E-state index < -0.39 is 5.41 Å². The Morgan fingerprint density at radius 3 is 1.65 bits per heavy atom. The molecule has 8 aromatic carbocycles. The van der Waals surface area contributed by atoms with Crippen molar-refractivity contribution in [2.45, 2.75) is 24.7 Å². The second-order valence-electron chi connectivity index (χ2n) is 15.2. The van der Waals surface area contributed by atoms with Crippen LogP contribution in [-0.4, -0.2) is 0 Å². The normalized spacial score (nSPS) is 14.6. The highest BCUT2D eigenvalue weighted by Gasteiger charge is 2.51. The molecule has 0 unspecified atom stereocenters. The van der Waals surface area contributed by atoms with Gasteiger partial charge in [0.2, 0.25) is 0 Å². The van der Waals surface area contributed by atoms with Gasteiger partial charge in [0.25, 0.3) is 0 Å². The monoisotopic (exact) mass is 691 g/mol. The zero-order valence-corrected chi connectivity index (χ0v) is 30.3. The van der Waals surface area contributed by atoms with E-state index in [1.54, 1.807) is 0 Å². The molecule has 2 heteroatoms. The molecule has 0 saturated heterocycles. The van der Waals surface area contributed by atoms with Crippen molar-refractivity contribution in [1.29, 1.82) is 0 Å². The second kappa shape index (κ2) is 11.4. The van der Waals surface area contributed by atoms with Crippen LogP contribution in [0.25, 0.3) is 33.4 Å². The first-order valence-corrected chi connectivity index (χ1v) is 18.9. The van der Waals surface area contributed by atoms with E-state index in [0.29, 0.717) is 0 Å². The fraction of sp³-hybridized carbons (Fsp3) is 0.0769. The molecule has 0 N–H and O–H groups in total. The highest BCUT2D eigenvalue weighted by atomic mass is 16.5. The van der Waals surface area contributed by atoms with E-state index in [1.807, 2.05) is 0 Å². The van der Waals surface area contributed by atoms with Crippen molar-refractivity contribution in [3.05, 3.63) is 221 Å². The predicted molar refractivity (Wildman–Crippen MR) is 222 cm³/mol. The molecule has 1 heterocycles. The van der Waals surface area contributed by atoms with Crippen LogP contribution < -0.4 is 9.64 Å². The lowest BCUT2D eigenvalue weighted by Gasteiger charge is -2.39. The third-order valence-corrected chi connectivity index (χ3v) is 12.1. The number of anilines is 3. The molecule has 0 bridgehead atoms. The second-order valence-corrected chi connectivity index (χ2v) is 15.2. The summed E-state index contributed by atoms with van der Waals surface area (Å²) in [5, 5.41) is 0. The minimum absolute atomic E-state index is 0.0428. The molecule has 2 nitrogen and oxygen atoms in total. The summed E-state index contributed by atoms with van der Waals surface area (Å²) in [5.41, 5.74) is 18.1. The van der Waals surface area contributed by atoms with Gasteiger partial charge in [-0.25, -0.2) is 0 Å². The van der Waals surface area contributed by atoms with Gasteiger partial charge in [-0.1, -0.05) is 153 Å². The van der Waals surface area contributed by atoms with E-state index in [1.165, 1.54) is 66.8 Å². The Kier molecular flexibility index (Phi) is 6.55. The van der Waals surface area contributed by atoms with Crippen LogP contribution in [0.1, 0.15) is 47.2 Å². The Morgan fingerprint density at radius 1 is 0.389 bits per heavy atom. The number of hydrogen-bond donors (Lipinski definition) is 0. The predicted octanol–water partition coefficient (Wildman–Crippen LogP) is 13.6. The van der Waals surface area contributed by atoms with Gasteiger partial charge in [-0.2, -0.15) is 0 Å². The molecule has 0 fully saturated rings. The van der Waals surface area contributed by atoms with Gasteiger partial charge in [0.15, 0.2) is 0 Å². The maximum Gasteiger partial charge on any atom is 0.132 e. The first kappa shape index (κ1) is 30.9. The molecule has 3 aliphatic rings. The van der Waals surface area contributed by atoms with Crippen LogP contribution in [0, 0.1) is 0 Å². The molecule has 54 heavy (non-hydrogen) atoms. The smallest absolute Gasteiger partial charge is 0.132 e. The van der Waals surface area contributed by atoms with Gasteiger partial charge >= 0.3 is 0 Å². The average Bonchev–Trinajstić information content (AvgIpc) is 3.65. The van der Waals surface area contributed by atoms with Gasteiger partial charge in [0.1, 0.15) is 11.5 Å². The molecular formula is C52H37NO. The molecular weight excluding hydrogens is 655 g/mol. The van der Waals surface area contributed by atoms with Crippen LogP contribution in [0.2, 0.25) is 0 Å². The maximum absolute atomic E-state index is 6.60. The van der Waals surface area contributed by atoms with Gasteiger partial charge < -0.3 is 9.64 Å². The average molecular weight is 692 g/mol. The maximum atomic E-state index is 6.60. The highest BCUT2D eigenvalue weighted by molar-refractivity contribution is 5.98. The summed E-state index contributed by atoms with van der Waals surface area (Å²) in [4.78, 5) is 2.43. The van der Waals surface area contributed by atoms with E-state index in [2.05, 4.69) is 207 Å².